The van der Waals surface area contributed by atoms with Crippen LogP contribution in [0, 0.1) is 25.2 Å². The SMILES string of the molecule is Cc1cc(C)n(-c2ccc(Cl)c(C(=O)OCC(=O)Nc3c(C#N)cnn3-c3ccccc3)n2)n1. The number of pyridine rings is 1. The van der Waals surface area contributed by atoms with Crippen LogP contribution in [-0.2, 0) is 9.53 Å². The molecule has 0 saturated heterocycles. The highest BCUT2D eigenvalue weighted by Gasteiger charge is 2.20. The zero-order chi connectivity index (χ0) is 24.2. The molecule has 0 unspecified atom stereocenters. The molecular formula is C23H18ClN7O3. The molecule has 0 bridgehead atoms. The van der Waals surface area contributed by atoms with E-state index in [0.29, 0.717) is 11.5 Å². The van der Waals surface area contributed by atoms with Crippen molar-refractivity contribution in [2.45, 2.75) is 13.8 Å². The molecule has 34 heavy (non-hydrogen) atoms. The van der Waals surface area contributed by atoms with E-state index in [0.717, 1.165) is 11.4 Å². The van der Waals surface area contributed by atoms with Crippen LogP contribution < -0.4 is 5.32 Å². The normalized spacial score (nSPS) is 10.5. The van der Waals surface area contributed by atoms with E-state index in [2.05, 4.69) is 20.5 Å². The molecular weight excluding hydrogens is 458 g/mol. The molecule has 1 aromatic carbocycles. The van der Waals surface area contributed by atoms with Crippen molar-refractivity contribution in [2.75, 3.05) is 11.9 Å². The number of rotatable bonds is 6. The lowest BCUT2D eigenvalue weighted by molar-refractivity contribution is -0.119. The van der Waals surface area contributed by atoms with Gasteiger partial charge in [-0.25, -0.2) is 19.1 Å². The second-order valence-electron chi connectivity index (χ2n) is 7.23. The van der Waals surface area contributed by atoms with Crippen LogP contribution in [0.3, 0.4) is 0 Å². The predicted octanol–water partition coefficient (Wildman–Crippen LogP) is 3.39. The summed E-state index contributed by atoms with van der Waals surface area (Å²) in [6, 6.07) is 16.0. The summed E-state index contributed by atoms with van der Waals surface area (Å²) in [6.07, 6.45) is 1.34. The number of aromatic nitrogens is 5. The van der Waals surface area contributed by atoms with Crippen molar-refractivity contribution in [1.29, 1.82) is 5.26 Å². The number of hydrogen-bond donors (Lipinski definition) is 1. The molecule has 11 heteroatoms. The summed E-state index contributed by atoms with van der Waals surface area (Å²) in [5, 5.41) is 20.5. The average Bonchev–Trinajstić information content (AvgIpc) is 3.40. The Labute approximate surface area is 199 Å². The van der Waals surface area contributed by atoms with Crippen molar-refractivity contribution >= 4 is 29.3 Å². The second kappa shape index (κ2) is 9.56. The Morgan fingerprint density at radius 3 is 2.59 bits per heavy atom. The maximum atomic E-state index is 12.6. The highest BCUT2D eigenvalue weighted by molar-refractivity contribution is 6.33. The Balaban J connectivity index is 1.48. The highest BCUT2D eigenvalue weighted by Crippen LogP contribution is 2.21. The maximum Gasteiger partial charge on any atom is 0.359 e. The molecule has 4 aromatic rings. The van der Waals surface area contributed by atoms with Gasteiger partial charge in [-0.3, -0.25) is 4.79 Å². The standard InChI is InChI=1S/C23H18ClN7O3/c1-14-10-15(2)30(29-14)19-9-8-18(24)21(27-19)23(33)34-13-20(32)28-22-16(11-25)12-26-31(22)17-6-4-3-5-7-17/h3-10,12H,13H2,1-2H3,(H,28,32). The van der Waals surface area contributed by atoms with E-state index < -0.39 is 18.5 Å². The summed E-state index contributed by atoms with van der Waals surface area (Å²) in [5.41, 5.74) is 2.28. The third-order valence-corrected chi connectivity index (χ3v) is 5.04. The number of ether oxygens (including phenoxy) is 1. The van der Waals surface area contributed by atoms with Gasteiger partial charge in [-0.05, 0) is 44.2 Å². The average molecular weight is 476 g/mol. The first kappa shape index (κ1) is 22.7. The Bertz CT molecular complexity index is 1420. The number of para-hydroxylation sites is 1. The van der Waals surface area contributed by atoms with Gasteiger partial charge in [0, 0.05) is 5.69 Å². The van der Waals surface area contributed by atoms with Crippen LogP contribution >= 0.6 is 11.6 Å². The molecule has 0 aliphatic carbocycles. The third kappa shape index (κ3) is 4.65. The smallest absolute Gasteiger partial charge is 0.359 e. The first-order valence-corrected chi connectivity index (χ1v) is 10.5. The van der Waals surface area contributed by atoms with E-state index >= 15 is 0 Å². The van der Waals surface area contributed by atoms with E-state index in [9.17, 15) is 14.9 Å². The Morgan fingerprint density at radius 1 is 1.15 bits per heavy atom. The zero-order valence-electron chi connectivity index (χ0n) is 18.2. The number of hydrogen-bond acceptors (Lipinski definition) is 7. The van der Waals surface area contributed by atoms with Crippen molar-refractivity contribution in [3.8, 4) is 17.6 Å². The molecule has 3 aromatic heterocycles. The van der Waals surface area contributed by atoms with E-state index in [1.165, 1.54) is 16.9 Å². The summed E-state index contributed by atoms with van der Waals surface area (Å²) >= 11 is 6.14. The van der Waals surface area contributed by atoms with Gasteiger partial charge in [-0.15, -0.1) is 0 Å². The molecule has 0 aliphatic rings. The van der Waals surface area contributed by atoms with Gasteiger partial charge in [0.05, 0.1) is 22.6 Å². The highest BCUT2D eigenvalue weighted by atomic mass is 35.5. The van der Waals surface area contributed by atoms with Gasteiger partial charge >= 0.3 is 5.97 Å². The molecule has 0 atom stereocenters. The summed E-state index contributed by atoms with van der Waals surface area (Å²) < 4.78 is 8.11. The number of halogens is 1. The van der Waals surface area contributed by atoms with Gasteiger partial charge in [-0.1, -0.05) is 29.8 Å². The fraction of sp³-hybridized carbons (Fsp3) is 0.130. The summed E-state index contributed by atoms with van der Waals surface area (Å²) in [4.78, 5) is 29.4. The first-order chi connectivity index (χ1) is 16.4. The second-order valence-corrected chi connectivity index (χ2v) is 7.64. The summed E-state index contributed by atoms with van der Waals surface area (Å²) in [5.74, 6) is -0.983. The van der Waals surface area contributed by atoms with Gasteiger partial charge in [-0.2, -0.15) is 15.5 Å². The number of esters is 1. The summed E-state index contributed by atoms with van der Waals surface area (Å²) in [7, 11) is 0. The topological polar surface area (TPSA) is 128 Å². The maximum absolute atomic E-state index is 12.6. The van der Waals surface area contributed by atoms with Crippen LogP contribution in [0.1, 0.15) is 27.4 Å². The Hall–Kier alpha value is -4.49. The van der Waals surface area contributed by atoms with Crippen LogP contribution in [-0.4, -0.2) is 43.0 Å². The van der Waals surface area contributed by atoms with Crippen LogP contribution in [0.15, 0.2) is 54.7 Å². The largest absolute Gasteiger partial charge is 0.451 e. The molecule has 4 rings (SSSR count). The molecule has 170 valence electrons. The number of aryl methyl sites for hydroxylation is 2. The van der Waals surface area contributed by atoms with Crippen molar-refractivity contribution in [3.63, 3.8) is 0 Å². The monoisotopic (exact) mass is 475 g/mol. The van der Waals surface area contributed by atoms with Crippen molar-refractivity contribution in [1.82, 2.24) is 24.5 Å². The molecule has 0 fully saturated rings. The molecule has 1 amide bonds. The van der Waals surface area contributed by atoms with E-state index in [1.807, 2.05) is 32.0 Å². The predicted molar refractivity (Wildman–Crippen MR) is 123 cm³/mol. The van der Waals surface area contributed by atoms with E-state index in [4.69, 9.17) is 16.3 Å². The third-order valence-electron chi connectivity index (χ3n) is 4.73. The van der Waals surface area contributed by atoms with E-state index in [1.54, 1.807) is 35.0 Å². The number of carbonyl (C=O) groups excluding carboxylic acids is 2. The Morgan fingerprint density at radius 2 is 1.91 bits per heavy atom. The van der Waals surface area contributed by atoms with Crippen LogP contribution in [0.4, 0.5) is 5.82 Å². The number of amides is 1. The Kier molecular flexibility index (Phi) is 6.38. The van der Waals surface area contributed by atoms with Crippen LogP contribution in [0.2, 0.25) is 5.02 Å². The fourth-order valence-electron chi connectivity index (χ4n) is 3.24. The summed E-state index contributed by atoms with van der Waals surface area (Å²) in [6.45, 7) is 3.08. The molecule has 3 heterocycles. The minimum atomic E-state index is -0.874. The zero-order valence-corrected chi connectivity index (χ0v) is 18.9. The molecule has 10 nitrogen and oxygen atoms in total. The number of nitriles is 1. The van der Waals surface area contributed by atoms with Crippen molar-refractivity contribution in [3.05, 3.63) is 82.4 Å². The molecule has 0 aliphatic heterocycles. The molecule has 1 N–H and O–H groups in total. The van der Waals surface area contributed by atoms with Gasteiger partial charge in [0.1, 0.15) is 11.6 Å². The fourth-order valence-corrected chi connectivity index (χ4v) is 3.42. The van der Waals surface area contributed by atoms with Gasteiger partial charge < -0.3 is 10.1 Å². The van der Waals surface area contributed by atoms with E-state index in [-0.39, 0.29) is 22.1 Å². The number of anilines is 1. The number of carbonyl (C=O) groups is 2. The quantitative estimate of drug-likeness (QED) is 0.423. The van der Waals surface area contributed by atoms with Gasteiger partial charge in [0.15, 0.2) is 23.9 Å². The minimum Gasteiger partial charge on any atom is -0.451 e. The lowest BCUT2D eigenvalue weighted by atomic mass is 10.3. The number of nitrogens with one attached hydrogen (secondary N) is 1. The minimum absolute atomic E-state index is 0.0737. The number of benzene rings is 1. The van der Waals surface area contributed by atoms with Crippen LogP contribution in [0.5, 0.6) is 0 Å². The molecule has 0 spiro atoms. The van der Waals surface area contributed by atoms with Crippen LogP contribution in [0.25, 0.3) is 11.5 Å². The number of nitrogens with zero attached hydrogens (tertiary/aromatic N) is 6. The lowest BCUT2D eigenvalue weighted by Crippen LogP contribution is -2.23. The van der Waals surface area contributed by atoms with Crippen molar-refractivity contribution < 1.29 is 14.3 Å². The molecule has 0 saturated carbocycles. The van der Waals surface area contributed by atoms with Gasteiger partial charge in [0.2, 0.25) is 0 Å². The molecule has 0 radical (unpaired) electrons. The van der Waals surface area contributed by atoms with Crippen molar-refractivity contribution in [2.24, 2.45) is 0 Å². The van der Waals surface area contributed by atoms with Gasteiger partial charge in [0.25, 0.3) is 5.91 Å². The first-order valence-electron chi connectivity index (χ1n) is 10.1. The lowest BCUT2D eigenvalue weighted by Gasteiger charge is -2.11.